The van der Waals surface area contributed by atoms with E-state index in [1.807, 2.05) is 43.5 Å². The summed E-state index contributed by atoms with van der Waals surface area (Å²) in [5, 5.41) is 3.77. The molecule has 1 aromatic heterocycles. The number of nitrogens with zero attached hydrogens (tertiary/aromatic N) is 1. The minimum absolute atomic E-state index is 0.0292. The molecule has 0 aliphatic rings. The summed E-state index contributed by atoms with van der Waals surface area (Å²) in [6.45, 7) is 12.4. The van der Waals surface area contributed by atoms with E-state index in [4.69, 9.17) is 9.47 Å². The number of fused-ring (bicyclic) bond motifs is 1. The van der Waals surface area contributed by atoms with E-state index in [2.05, 4.69) is 42.8 Å². The van der Waals surface area contributed by atoms with E-state index in [0.29, 0.717) is 18.1 Å². The van der Waals surface area contributed by atoms with Crippen LogP contribution in [0.25, 0.3) is 10.9 Å². The lowest BCUT2D eigenvalue weighted by molar-refractivity contribution is -0.156. The lowest BCUT2D eigenvalue weighted by Crippen LogP contribution is -2.39. The number of amides is 1. The minimum atomic E-state index is -1.14. The first-order chi connectivity index (χ1) is 20.9. The van der Waals surface area contributed by atoms with Crippen molar-refractivity contribution >= 4 is 22.8 Å². The molecular formula is C37H45FN2O4. The van der Waals surface area contributed by atoms with Crippen LogP contribution in [0.3, 0.4) is 0 Å². The lowest BCUT2D eigenvalue weighted by atomic mass is 10.0. The van der Waals surface area contributed by atoms with Crippen LogP contribution >= 0.6 is 0 Å². The van der Waals surface area contributed by atoms with Crippen LogP contribution in [0, 0.1) is 11.7 Å². The average Bonchev–Trinajstić information content (AvgIpc) is 3.29. The van der Waals surface area contributed by atoms with Crippen molar-refractivity contribution in [3.63, 3.8) is 0 Å². The molecule has 0 radical (unpaired) electrons. The van der Waals surface area contributed by atoms with Crippen molar-refractivity contribution in [1.82, 2.24) is 9.88 Å². The van der Waals surface area contributed by atoms with Crippen molar-refractivity contribution in [2.75, 3.05) is 7.11 Å². The predicted octanol–water partition coefficient (Wildman–Crippen LogP) is 8.19. The molecule has 0 unspecified atom stereocenters. The zero-order chi connectivity index (χ0) is 32.0. The summed E-state index contributed by atoms with van der Waals surface area (Å²) in [7, 11) is 1.33. The Labute approximate surface area is 260 Å². The Morgan fingerprint density at radius 3 is 2.43 bits per heavy atom. The number of rotatable bonds is 13. The molecular weight excluding hydrogens is 555 g/mol. The van der Waals surface area contributed by atoms with Gasteiger partial charge >= 0.3 is 5.97 Å². The molecule has 7 heteroatoms. The molecule has 0 spiro atoms. The Morgan fingerprint density at radius 2 is 1.73 bits per heavy atom. The van der Waals surface area contributed by atoms with Crippen LogP contribution in [0.2, 0.25) is 0 Å². The molecule has 3 aromatic carbocycles. The van der Waals surface area contributed by atoms with Crippen molar-refractivity contribution in [2.24, 2.45) is 5.92 Å². The molecule has 6 nitrogen and oxygen atoms in total. The van der Waals surface area contributed by atoms with Gasteiger partial charge < -0.3 is 19.4 Å². The van der Waals surface area contributed by atoms with Gasteiger partial charge in [0.15, 0.2) is 5.60 Å². The maximum atomic E-state index is 15.6. The number of unbranched alkanes of at least 4 members (excludes halogenated alkanes) is 1. The first-order valence-corrected chi connectivity index (χ1v) is 15.5. The molecule has 234 valence electrons. The van der Waals surface area contributed by atoms with Crippen molar-refractivity contribution < 1.29 is 23.5 Å². The lowest BCUT2D eigenvalue weighted by Gasteiger charge is -2.23. The summed E-state index contributed by atoms with van der Waals surface area (Å²) >= 11 is 0. The number of hydrogen-bond acceptors (Lipinski definition) is 4. The highest BCUT2D eigenvalue weighted by atomic mass is 19.1. The number of halogens is 1. The van der Waals surface area contributed by atoms with Crippen LogP contribution < -0.4 is 10.1 Å². The summed E-state index contributed by atoms with van der Waals surface area (Å²) in [4.78, 5) is 25.5. The zero-order valence-corrected chi connectivity index (χ0v) is 27.0. The average molecular weight is 601 g/mol. The fraction of sp³-hybridized carbons (Fsp3) is 0.405. The summed E-state index contributed by atoms with van der Waals surface area (Å²) < 4.78 is 28.6. The molecule has 0 saturated carbocycles. The Balaban J connectivity index is 1.62. The van der Waals surface area contributed by atoms with Crippen LogP contribution in [0.1, 0.15) is 93.0 Å². The maximum Gasteiger partial charge on any atom is 0.349 e. The first kappa shape index (κ1) is 32.8. The number of ether oxygens (including phenoxy) is 2. The topological polar surface area (TPSA) is 69.6 Å². The molecule has 44 heavy (non-hydrogen) atoms. The van der Waals surface area contributed by atoms with Crippen LogP contribution in [-0.2, 0) is 28.9 Å². The molecule has 1 heterocycles. The normalized spacial score (nSPS) is 12.4. The van der Waals surface area contributed by atoms with Crippen molar-refractivity contribution in [3.05, 3.63) is 100 Å². The van der Waals surface area contributed by atoms with Crippen molar-refractivity contribution in [3.8, 4) is 5.75 Å². The quantitative estimate of drug-likeness (QED) is 0.157. The molecule has 0 fully saturated rings. The third-order valence-corrected chi connectivity index (χ3v) is 7.82. The Morgan fingerprint density at radius 1 is 1.00 bits per heavy atom. The van der Waals surface area contributed by atoms with E-state index in [1.54, 1.807) is 26.0 Å². The number of carbonyl (C=O) groups excluding carboxylic acids is 2. The second-order valence-corrected chi connectivity index (χ2v) is 12.5. The van der Waals surface area contributed by atoms with E-state index in [9.17, 15) is 9.59 Å². The Bertz CT molecular complexity index is 1620. The number of esters is 1. The van der Waals surface area contributed by atoms with Gasteiger partial charge in [-0.25, -0.2) is 9.18 Å². The number of nitrogens with one attached hydrogen (secondary N) is 1. The van der Waals surface area contributed by atoms with E-state index >= 15 is 4.39 Å². The van der Waals surface area contributed by atoms with E-state index in [1.165, 1.54) is 18.7 Å². The van der Waals surface area contributed by atoms with Gasteiger partial charge in [0.2, 0.25) is 0 Å². The van der Waals surface area contributed by atoms with Gasteiger partial charge in [-0.05, 0) is 92.5 Å². The molecule has 4 rings (SSSR count). The molecule has 0 bridgehead atoms. The number of aryl methyl sites for hydroxylation is 1. The van der Waals surface area contributed by atoms with Gasteiger partial charge in [-0.1, -0.05) is 63.6 Å². The second kappa shape index (κ2) is 14.1. The molecule has 0 aliphatic heterocycles. The maximum absolute atomic E-state index is 15.6. The number of aromatic nitrogens is 1. The molecule has 0 aliphatic carbocycles. The van der Waals surface area contributed by atoms with Gasteiger partial charge in [0, 0.05) is 23.6 Å². The highest BCUT2D eigenvalue weighted by molar-refractivity contribution is 5.99. The number of hydrogen-bond donors (Lipinski definition) is 1. The standard InChI is InChI=1S/C37H45FN2O4/c1-8-9-12-26-13-10-15-28(17-26)25(4)39-35(41)32-21-34-31(20-33(32)38)29(23-40(34)22-24(2)3)18-27-14-11-16-30(19-27)44-37(5,6)36(42)43-7/h10-11,13-17,19-21,23-25H,8-9,12,18,22H2,1-7H3,(H,39,41)/t25-/m0/s1. The Hall–Kier alpha value is -4.13. The predicted molar refractivity (Wildman–Crippen MR) is 174 cm³/mol. The third kappa shape index (κ3) is 7.87. The summed E-state index contributed by atoms with van der Waals surface area (Å²) in [6, 6.07) is 18.6. The minimum Gasteiger partial charge on any atom is -0.476 e. The fourth-order valence-corrected chi connectivity index (χ4v) is 5.52. The van der Waals surface area contributed by atoms with Crippen LogP contribution in [0.15, 0.2) is 66.9 Å². The number of carbonyl (C=O) groups is 2. The van der Waals surface area contributed by atoms with Gasteiger partial charge in [0.1, 0.15) is 11.6 Å². The van der Waals surface area contributed by atoms with E-state index < -0.39 is 23.3 Å². The number of methoxy groups -OCH3 is 1. The molecule has 0 saturated heterocycles. The fourth-order valence-electron chi connectivity index (χ4n) is 5.52. The smallest absolute Gasteiger partial charge is 0.349 e. The summed E-state index contributed by atoms with van der Waals surface area (Å²) in [5.41, 5.74) is 3.82. The van der Waals surface area contributed by atoms with Gasteiger partial charge in [-0.2, -0.15) is 0 Å². The highest BCUT2D eigenvalue weighted by Gasteiger charge is 2.31. The zero-order valence-electron chi connectivity index (χ0n) is 27.0. The monoisotopic (exact) mass is 600 g/mol. The van der Waals surface area contributed by atoms with Crippen molar-refractivity contribution in [1.29, 1.82) is 0 Å². The molecule has 4 aromatic rings. The van der Waals surface area contributed by atoms with Gasteiger partial charge in [0.25, 0.3) is 5.91 Å². The first-order valence-electron chi connectivity index (χ1n) is 15.5. The largest absolute Gasteiger partial charge is 0.476 e. The summed E-state index contributed by atoms with van der Waals surface area (Å²) in [5.74, 6) is -0.575. The second-order valence-electron chi connectivity index (χ2n) is 12.5. The molecule has 1 amide bonds. The van der Waals surface area contributed by atoms with Gasteiger partial charge in [0.05, 0.1) is 18.7 Å². The van der Waals surface area contributed by atoms with Gasteiger partial charge in [-0.3, -0.25) is 4.79 Å². The van der Waals surface area contributed by atoms with Crippen molar-refractivity contribution in [2.45, 2.75) is 85.4 Å². The van der Waals surface area contributed by atoms with E-state index in [0.717, 1.165) is 53.4 Å². The molecule has 1 atom stereocenters. The third-order valence-electron chi connectivity index (χ3n) is 7.82. The highest BCUT2D eigenvalue weighted by Crippen LogP contribution is 2.30. The Kier molecular flexibility index (Phi) is 10.5. The molecule has 1 N–H and O–H groups in total. The van der Waals surface area contributed by atoms with Crippen LogP contribution in [0.4, 0.5) is 4.39 Å². The van der Waals surface area contributed by atoms with Crippen LogP contribution in [0.5, 0.6) is 5.75 Å². The summed E-state index contributed by atoms with van der Waals surface area (Å²) in [6.07, 6.45) is 5.79. The van der Waals surface area contributed by atoms with Crippen LogP contribution in [-0.4, -0.2) is 29.2 Å². The SMILES string of the molecule is CCCCc1cccc([C@H](C)NC(=O)c2cc3c(cc2F)c(Cc2cccc(OC(C)(C)C(=O)OC)c2)cn3CC(C)C)c1. The number of benzene rings is 3. The van der Waals surface area contributed by atoms with E-state index in [-0.39, 0.29) is 11.6 Å². The van der Waals surface area contributed by atoms with Gasteiger partial charge in [-0.15, -0.1) is 0 Å².